The second-order valence-corrected chi connectivity index (χ2v) is 3.48. The Hall–Kier alpha value is -0.530. The fraction of sp³-hybridized carbons (Fsp3) is 0.200. The molecule has 0 aliphatic carbocycles. The molecule has 1 rings (SSSR count). The van der Waals surface area contributed by atoms with E-state index < -0.39 is 0 Å². The van der Waals surface area contributed by atoms with Gasteiger partial charge in [-0.25, -0.2) is 4.39 Å². The molecule has 0 spiro atoms. The Balaban J connectivity index is 3.34. The lowest BCUT2D eigenvalue weighted by atomic mass is 10.1. The van der Waals surface area contributed by atoms with Gasteiger partial charge in [-0.05, 0) is 26.0 Å². The zero-order valence-corrected chi connectivity index (χ0v) is 8.88. The van der Waals surface area contributed by atoms with Crippen molar-refractivity contribution in [3.63, 3.8) is 0 Å². The second-order valence-electron chi connectivity index (χ2n) is 2.67. The van der Waals surface area contributed by atoms with Crippen molar-refractivity contribution in [3.05, 3.63) is 40.2 Å². The average molecular weight is 219 g/mol. The molecule has 0 atom stereocenters. The van der Waals surface area contributed by atoms with Gasteiger partial charge in [-0.2, -0.15) is 0 Å². The third-order valence-corrected chi connectivity index (χ3v) is 2.66. The maximum Gasteiger partial charge on any atom is 0.136 e. The zero-order valence-electron chi connectivity index (χ0n) is 7.37. The van der Waals surface area contributed by atoms with Gasteiger partial charge in [0, 0.05) is 21.2 Å². The van der Waals surface area contributed by atoms with Crippen LogP contribution in [0.25, 0.3) is 5.03 Å². The summed E-state index contributed by atoms with van der Waals surface area (Å²) in [7, 11) is 0. The maximum absolute atomic E-state index is 13.5. The van der Waals surface area contributed by atoms with Crippen LogP contribution < -0.4 is 0 Å². The van der Waals surface area contributed by atoms with E-state index in [2.05, 4.69) is 0 Å². The van der Waals surface area contributed by atoms with Crippen molar-refractivity contribution >= 4 is 28.2 Å². The summed E-state index contributed by atoms with van der Waals surface area (Å²) in [4.78, 5) is 0. The Morgan fingerprint density at radius 1 is 1.46 bits per heavy atom. The summed E-state index contributed by atoms with van der Waals surface area (Å²) in [5, 5.41) is 0.819. The van der Waals surface area contributed by atoms with Crippen molar-refractivity contribution in [2.24, 2.45) is 0 Å². The first-order valence-corrected chi connectivity index (χ1v) is 4.60. The maximum atomic E-state index is 13.5. The topological polar surface area (TPSA) is 0 Å². The van der Waals surface area contributed by atoms with E-state index >= 15 is 0 Å². The van der Waals surface area contributed by atoms with Crippen molar-refractivity contribution in [2.45, 2.75) is 13.8 Å². The molecule has 0 unspecified atom stereocenters. The van der Waals surface area contributed by atoms with E-state index in [0.29, 0.717) is 21.2 Å². The number of halogens is 3. The Morgan fingerprint density at radius 2 is 2.08 bits per heavy atom. The third-order valence-electron chi connectivity index (χ3n) is 1.83. The molecule has 0 aliphatic heterocycles. The highest BCUT2D eigenvalue weighted by Crippen LogP contribution is 2.27. The number of hydrogen-bond acceptors (Lipinski definition) is 0. The molecule has 1 aromatic carbocycles. The molecule has 0 radical (unpaired) electrons. The Bertz CT molecular complexity index is 356. The molecular formula is C10H9Cl2F. The Labute approximate surface area is 87.0 Å². The molecule has 13 heavy (non-hydrogen) atoms. The fourth-order valence-corrected chi connectivity index (χ4v) is 1.29. The van der Waals surface area contributed by atoms with E-state index in [4.69, 9.17) is 23.2 Å². The highest BCUT2D eigenvalue weighted by molar-refractivity contribution is 6.48. The van der Waals surface area contributed by atoms with E-state index in [1.807, 2.05) is 0 Å². The fourth-order valence-electron chi connectivity index (χ4n) is 1.00. The SMILES string of the molecule is C/C=C(\Cl)c1ccc(Cl)c(C)c1F. The molecule has 0 nitrogen and oxygen atoms in total. The minimum atomic E-state index is -0.351. The summed E-state index contributed by atoms with van der Waals surface area (Å²) in [5.41, 5.74) is 0.824. The lowest BCUT2D eigenvalue weighted by Crippen LogP contribution is -1.90. The van der Waals surface area contributed by atoms with Gasteiger partial charge in [-0.15, -0.1) is 0 Å². The molecule has 0 heterocycles. The van der Waals surface area contributed by atoms with Crippen LogP contribution >= 0.6 is 23.2 Å². The van der Waals surface area contributed by atoms with Crippen LogP contribution in [-0.4, -0.2) is 0 Å². The molecule has 0 N–H and O–H groups in total. The summed E-state index contributed by atoms with van der Waals surface area (Å²) in [5.74, 6) is -0.351. The van der Waals surface area contributed by atoms with Crippen molar-refractivity contribution in [1.82, 2.24) is 0 Å². The van der Waals surface area contributed by atoms with Gasteiger partial charge < -0.3 is 0 Å². The van der Waals surface area contributed by atoms with Gasteiger partial charge in [-0.3, -0.25) is 0 Å². The van der Waals surface area contributed by atoms with Gasteiger partial charge in [0.05, 0.1) is 0 Å². The van der Waals surface area contributed by atoms with E-state index in [0.717, 1.165) is 0 Å². The molecule has 3 heteroatoms. The van der Waals surface area contributed by atoms with Crippen LogP contribution in [0.5, 0.6) is 0 Å². The first-order valence-electron chi connectivity index (χ1n) is 3.84. The van der Waals surface area contributed by atoms with Crippen molar-refractivity contribution in [3.8, 4) is 0 Å². The standard InChI is InChI=1S/C10H9Cl2F/c1-3-8(11)7-4-5-9(12)6(2)10(7)13/h3-5H,1-2H3/b8-3-. The lowest BCUT2D eigenvalue weighted by Gasteiger charge is -2.05. The Morgan fingerprint density at radius 3 is 2.62 bits per heavy atom. The number of benzene rings is 1. The normalized spacial score (nSPS) is 11.9. The van der Waals surface area contributed by atoms with Crippen LogP contribution in [0.4, 0.5) is 4.39 Å². The quantitative estimate of drug-likeness (QED) is 0.657. The van der Waals surface area contributed by atoms with Crippen LogP contribution in [0, 0.1) is 12.7 Å². The highest BCUT2D eigenvalue weighted by Gasteiger charge is 2.09. The summed E-state index contributed by atoms with van der Waals surface area (Å²) in [6, 6.07) is 3.22. The molecule has 0 aromatic heterocycles. The van der Waals surface area contributed by atoms with Gasteiger partial charge in [0.25, 0.3) is 0 Å². The summed E-state index contributed by atoms with van der Waals surface area (Å²) in [6.07, 6.45) is 1.65. The van der Waals surface area contributed by atoms with E-state index in [-0.39, 0.29) is 5.82 Å². The molecule has 0 saturated carbocycles. The van der Waals surface area contributed by atoms with Gasteiger partial charge in [0.1, 0.15) is 5.82 Å². The monoisotopic (exact) mass is 218 g/mol. The predicted molar refractivity (Wildman–Crippen MR) is 55.7 cm³/mol. The summed E-state index contributed by atoms with van der Waals surface area (Å²) in [6.45, 7) is 3.38. The van der Waals surface area contributed by atoms with E-state index in [9.17, 15) is 4.39 Å². The van der Waals surface area contributed by atoms with Crippen molar-refractivity contribution < 1.29 is 4.39 Å². The van der Waals surface area contributed by atoms with Gasteiger partial charge >= 0.3 is 0 Å². The first kappa shape index (κ1) is 10.6. The van der Waals surface area contributed by atoms with Gasteiger partial charge in [-0.1, -0.05) is 29.3 Å². The number of rotatable bonds is 1. The zero-order chi connectivity index (χ0) is 10.0. The van der Waals surface area contributed by atoms with E-state index in [1.165, 1.54) is 0 Å². The number of hydrogen-bond donors (Lipinski definition) is 0. The van der Waals surface area contributed by atoms with E-state index in [1.54, 1.807) is 32.1 Å². The highest BCUT2D eigenvalue weighted by atomic mass is 35.5. The molecule has 0 saturated heterocycles. The smallest absolute Gasteiger partial charge is 0.136 e. The second kappa shape index (κ2) is 4.12. The van der Waals surface area contributed by atoms with Gasteiger partial charge in [0.2, 0.25) is 0 Å². The van der Waals surface area contributed by atoms with Gasteiger partial charge in [0.15, 0.2) is 0 Å². The molecule has 0 fully saturated rings. The van der Waals surface area contributed by atoms with Crippen molar-refractivity contribution in [2.75, 3.05) is 0 Å². The molecule has 0 aliphatic rings. The summed E-state index contributed by atoms with van der Waals surface area (Å²) < 4.78 is 13.5. The molecule has 0 amide bonds. The lowest BCUT2D eigenvalue weighted by molar-refractivity contribution is 0.615. The Kier molecular flexibility index (Phi) is 3.34. The first-order chi connectivity index (χ1) is 6.07. The van der Waals surface area contributed by atoms with Crippen LogP contribution in [0.2, 0.25) is 5.02 Å². The largest absolute Gasteiger partial charge is 0.206 e. The molecular weight excluding hydrogens is 210 g/mol. The predicted octanol–water partition coefficient (Wildman–Crippen LogP) is 4.39. The van der Waals surface area contributed by atoms with Crippen LogP contribution in [-0.2, 0) is 0 Å². The van der Waals surface area contributed by atoms with Crippen LogP contribution in [0.15, 0.2) is 18.2 Å². The summed E-state index contributed by atoms with van der Waals surface area (Å²) >= 11 is 11.5. The van der Waals surface area contributed by atoms with Crippen LogP contribution in [0.1, 0.15) is 18.1 Å². The minimum Gasteiger partial charge on any atom is -0.206 e. The molecule has 0 bridgehead atoms. The van der Waals surface area contributed by atoms with Crippen LogP contribution in [0.3, 0.4) is 0 Å². The average Bonchev–Trinajstić information content (AvgIpc) is 2.13. The van der Waals surface area contributed by atoms with Crippen molar-refractivity contribution in [1.29, 1.82) is 0 Å². The minimum absolute atomic E-state index is 0.351. The molecule has 1 aromatic rings. The molecule has 70 valence electrons. The third kappa shape index (κ3) is 2.04. The number of allylic oxidation sites excluding steroid dienone is 1.